The van der Waals surface area contributed by atoms with E-state index in [0.717, 1.165) is 18.2 Å². The van der Waals surface area contributed by atoms with Gasteiger partial charge in [-0.1, -0.05) is 6.92 Å². The number of nitro groups is 1. The van der Waals surface area contributed by atoms with Crippen LogP contribution in [-0.2, 0) is 0 Å². The second-order valence-corrected chi connectivity index (χ2v) is 3.34. The highest BCUT2D eigenvalue weighted by Gasteiger charge is 2.20. The lowest BCUT2D eigenvalue weighted by Crippen LogP contribution is -2.32. The van der Waals surface area contributed by atoms with E-state index in [4.69, 9.17) is 15.9 Å². The predicted molar refractivity (Wildman–Crippen MR) is 59.7 cm³/mol. The number of hydrogen-bond acceptors (Lipinski definition) is 4. The van der Waals surface area contributed by atoms with Crippen molar-refractivity contribution >= 4 is 11.5 Å². The molecule has 0 aromatic heterocycles. The molecule has 0 aliphatic rings. The summed E-state index contributed by atoms with van der Waals surface area (Å²) < 4.78 is 18.1. The lowest BCUT2D eigenvalue weighted by Gasteiger charge is -2.15. The van der Waals surface area contributed by atoms with E-state index in [0.29, 0.717) is 6.42 Å². The van der Waals surface area contributed by atoms with Crippen LogP contribution in [0.1, 0.15) is 13.3 Å². The van der Waals surface area contributed by atoms with Crippen LogP contribution in [0, 0.1) is 21.3 Å². The molecule has 1 aromatic carbocycles. The summed E-state index contributed by atoms with van der Waals surface area (Å²) >= 11 is 0. The highest BCUT2D eigenvalue weighted by molar-refractivity contribution is 5.82. The maximum atomic E-state index is 13.0. The molecule has 1 aromatic rings. The molecule has 0 saturated heterocycles. The molecule has 0 bridgehead atoms. The Bertz CT molecular complexity index is 450. The fraction of sp³-hybridized carbons (Fsp3) is 0.300. The van der Waals surface area contributed by atoms with Crippen molar-refractivity contribution in [1.82, 2.24) is 0 Å². The van der Waals surface area contributed by atoms with Crippen molar-refractivity contribution in [2.24, 2.45) is 5.73 Å². The van der Waals surface area contributed by atoms with Crippen molar-refractivity contribution in [3.05, 3.63) is 34.1 Å². The molecule has 0 heterocycles. The molecule has 92 valence electrons. The van der Waals surface area contributed by atoms with Crippen molar-refractivity contribution < 1.29 is 14.1 Å². The fourth-order valence-electron chi connectivity index (χ4n) is 1.25. The van der Waals surface area contributed by atoms with Gasteiger partial charge in [-0.05, 0) is 12.5 Å². The summed E-state index contributed by atoms with van der Waals surface area (Å²) in [6.07, 6.45) is -0.432. The van der Waals surface area contributed by atoms with Crippen molar-refractivity contribution in [3.8, 4) is 5.75 Å². The van der Waals surface area contributed by atoms with E-state index in [9.17, 15) is 14.5 Å². The van der Waals surface area contributed by atoms with Gasteiger partial charge in [0.2, 0.25) is 5.75 Å². The normalized spacial score (nSPS) is 11.9. The Morgan fingerprint density at radius 2 is 2.35 bits per heavy atom. The average molecular weight is 241 g/mol. The highest BCUT2D eigenvalue weighted by Crippen LogP contribution is 2.28. The van der Waals surface area contributed by atoms with E-state index < -0.39 is 16.8 Å². The second-order valence-electron chi connectivity index (χ2n) is 3.34. The third-order valence-electron chi connectivity index (χ3n) is 2.11. The van der Waals surface area contributed by atoms with Gasteiger partial charge in [0.15, 0.2) is 6.10 Å². The number of nitrogens with one attached hydrogen (secondary N) is 1. The molecule has 7 heteroatoms. The number of nitrogens with two attached hydrogens (primary N) is 1. The lowest BCUT2D eigenvalue weighted by atomic mass is 10.2. The molecule has 0 aliphatic heterocycles. The number of nitro benzene ring substituents is 1. The minimum absolute atomic E-state index is 0.225. The van der Waals surface area contributed by atoms with Crippen molar-refractivity contribution in [2.45, 2.75) is 19.4 Å². The van der Waals surface area contributed by atoms with E-state index in [2.05, 4.69) is 0 Å². The van der Waals surface area contributed by atoms with E-state index in [1.807, 2.05) is 0 Å². The molecule has 1 rings (SSSR count). The number of amidine groups is 1. The largest absolute Gasteiger partial charge is 0.475 e. The Morgan fingerprint density at radius 3 is 2.82 bits per heavy atom. The zero-order chi connectivity index (χ0) is 13.0. The van der Waals surface area contributed by atoms with Crippen molar-refractivity contribution in [1.29, 1.82) is 5.41 Å². The van der Waals surface area contributed by atoms with Gasteiger partial charge < -0.3 is 10.5 Å². The monoisotopic (exact) mass is 241 g/mol. The molecule has 0 fully saturated rings. The molecule has 17 heavy (non-hydrogen) atoms. The van der Waals surface area contributed by atoms with Crippen LogP contribution in [0.4, 0.5) is 10.1 Å². The first-order valence-electron chi connectivity index (χ1n) is 4.90. The minimum atomic E-state index is -0.796. The summed E-state index contributed by atoms with van der Waals surface area (Å²) in [4.78, 5) is 10.0. The van der Waals surface area contributed by atoms with Gasteiger partial charge in [-0.3, -0.25) is 15.5 Å². The number of nitrogens with zero attached hydrogens (tertiary/aromatic N) is 1. The summed E-state index contributed by atoms with van der Waals surface area (Å²) in [5.41, 5.74) is 4.90. The Kier molecular flexibility index (Phi) is 3.97. The summed E-state index contributed by atoms with van der Waals surface area (Å²) in [6.45, 7) is 1.71. The van der Waals surface area contributed by atoms with Gasteiger partial charge in [0.25, 0.3) is 0 Å². The van der Waals surface area contributed by atoms with Crippen molar-refractivity contribution in [2.75, 3.05) is 0 Å². The van der Waals surface area contributed by atoms with Crippen LogP contribution in [0.15, 0.2) is 18.2 Å². The molecular formula is C10H12FN3O3. The van der Waals surface area contributed by atoms with Crippen LogP contribution < -0.4 is 10.5 Å². The van der Waals surface area contributed by atoms with Crippen LogP contribution in [-0.4, -0.2) is 16.9 Å². The minimum Gasteiger partial charge on any atom is -0.475 e. The summed E-state index contributed by atoms with van der Waals surface area (Å²) in [5.74, 6) is -1.13. The van der Waals surface area contributed by atoms with Crippen LogP contribution >= 0.6 is 0 Å². The molecule has 0 saturated carbocycles. The lowest BCUT2D eigenvalue weighted by molar-refractivity contribution is -0.386. The third-order valence-corrected chi connectivity index (χ3v) is 2.11. The SMILES string of the molecule is CCC(Oc1cc(F)ccc1[N+](=O)[O-])C(=N)N. The van der Waals surface area contributed by atoms with Crippen LogP contribution in [0.2, 0.25) is 0 Å². The molecule has 6 nitrogen and oxygen atoms in total. The van der Waals surface area contributed by atoms with E-state index in [1.165, 1.54) is 0 Å². The first-order valence-corrected chi connectivity index (χ1v) is 4.90. The van der Waals surface area contributed by atoms with Gasteiger partial charge in [0, 0.05) is 12.1 Å². The number of rotatable bonds is 5. The predicted octanol–water partition coefficient (Wildman–Crippen LogP) is 1.83. The van der Waals surface area contributed by atoms with Crippen LogP contribution in [0.5, 0.6) is 5.75 Å². The molecule has 0 amide bonds. The maximum absolute atomic E-state index is 13.0. The van der Waals surface area contributed by atoms with Gasteiger partial charge in [-0.15, -0.1) is 0 Å². The molecule has 0 radical (unpaired) electrons. The Balaban J connectivity index is 3.07. The topological polar surface area (TPSA) is 102 Å². The first kappa shape index (κ1) is 12.9. The van der Waals surface area contributed by atoms with Crippen LogP contribution in [0.3, 0.4) is 0 Å². The van der Waals surface area contributed by atoms with Gasteiger partial charge >= 0.3 is 5.69 Å². The van der Waals surface area contributed by atoms with E-state index >= 15 is 0 Å². The standard InChI is InChI=1S/C10H12FN3O3/c1-2-8(10(12)13)17-9-5-6(11)3-4-7(9)14(15)16/h3-5,8H,2H2,1H3,(H3,12,13). The van der Waals surface area contributed by atoms with Gasteiger partial charge in [0.1, 0.15) is 11.7 Å². The summed E-state index contributed by atoms with van der Waals surface area (Å²) in [7, 11) is 0. The highest BCUT2D eigenvalue weighted by atomic mass is 19.1. The Morgan fingerprint density at radius 1 is 1.71 bits per heavy atom. The summed E-state index contributed by atoms with van der Waals surface area (Å²) in [5, 5.41) is 17.9. The van der Waals surface area contributed by atoms with Crippen LogP contribution in [0.25, 0.3) is 0 Å². The zero-order valence-electron chi connectivity index (χ0n) is 9.14. The molecule has 1 atom stereocenters. The maximum Gasteiger partial charge on any atom is 0.311 e. The van der Waals surface area contributed by atoms with Gasteiger partial charge in [-0.25, -0.2) is 4.39 Å². The molecule has 0 aliphatic carbocycles. The number of benzene rings is 1. The smallest absolute Gasteiger partial charge is 0.311 e. The van der Waals surface area contributed by atoms with E-state index in [-0.39, 0.29) is 17.3 Å². The Labute approximate surface area is 96.8 Å². The van der Waals surface area contributed by atoms with E-state index in [1.54, 1.807) is 6.92 Å². The molecule has 1 unspecified atom stereocenters. The zero-order valence-corrected chi connectivity index (χ0v) is 9.14. The number of ether oxygens (including phenoxy) is 1. The third kappa shape index (κ3) is 3.13. The molecule has 0 spiro atoms. The first-order chi connectivity index (χ1) is 7.95. The quantitative estimate of drug-likeness (QED) is 0.355. The van der Waals surface area contributed by atoms with Gasteiger partial charge in [0.05, 0.1) is 4.92 Å². The summed E-state index contributed by atoms with van der Waals surface area (Å²) in [6, 6.07) is 2.89. The van der Waals surface area contributed by atoms with Gasteiger partial charge in [-0.2, -0.15) is 0 Å². The average Bonchev–Trinajstić information content (AvgIpc) is 2.25. The fourth-order valence-corrected chi connectivity index (χ4v) is 1.25. The Hall–Kier alpha value is -2.18. The molecular weight excluding hydrogens is 229 g/mol. The number of hydrogen-bond donors (Lipinski definition) is 2. The second kappa shape index (κ2) is 5.24. The number of halogens is 1. The molecule has 3 N–H and O–H groups in total. The van der Waals surface area contributed by atoms with Crippen molar-refractivity contribution in [3.63, 3.8) is 0 Å².